The van der Waals surface area contributed by atoms with Gasteiger partial charge in [0.05, 0.1) is 13.7 Å². The van der Waals surface area contributed by atoms with Crippen molar-refractivity contribution in [3.63, 3.8) is 0 Å². The number of aliphatic imine (C=N–C) groups is 1. The highest BCUT2D eigenvalue weighted by atomic mass is 16.5. The summed E-state index contributed by atoms with van der Waals surface area (Å²) in [5, 5.41) is 5.91. The van der Waals surface area contributed by atoms with Crippen LogP contribution in [-0.4, -0.2) is 43.2 Å². The standard InChI is InChI=1S/C17H24N6O2/c1-12-9-15(24-3)22-17(21-12)23-16(18)20-11-13-5-4-6-14(10-13)25-8-7-19-2/h4-6,9-10,19H,7-8,11H2,1-3H3,(H3,18,20,21,22,23). The first-order valence-corrected chi connectivity index (χ1v) is 7.93. The van der Waals surface area contributed by atoms with Gasteiger partial charge in [0.2, 0.25) is 11.8 Å². The van der Waals surface area contributed by atoms with Crippen LogP contribution in [0.3, 0.4) is 0 Å². The van der Waals surface area contributed by atoms with Crippen LogP contribution in [0, 0.1) is 6.92 Å². The van der Waals surface area contributed by atoms with Gasteiger partial charge in [-0.2, -0.15) is 4.98 Å². The Labute approximate surface area is 147 Å². The molecular formula is C17H24N6O2. The molecule has 0 fully saturated rings. The molecule has 0 bridgehead atoms. The monoisotopic (exact) mass is 344 g/mol. The van der Waals surface area contributed by atoms with E-state index in [1.165, 1.54) is 0 Å². The van der Waals surface area contributed by atoms with E-state index in [0.717, 1.165) is 23.6 Å². The van der Waals surface area contributed by atoms with Crippen molar-refractivity contribution in [1.29, 1.82) is 0 Å². The minimum absolute atomic E-state index is 0.231. The van der Waals surface area contributed by atoms with E-state index in [1.54, 1.807) is 13.2 Å². The van der Waals surface area contributed by atoms with Crippen molar-refractivity contribution in [2.75, 3.05) is 32.6 Å². The van der Waals surface area contributed by atoms with Gasteiger partial charge in [-0.05, 0) is 31.7 Å². The molecule has 1 heterocycles. The van der Waals surface area contributed by atoms with Gasteiger partial charge in [-0.1, -0.05) is 12.1 Å². The molecule has 1 aromatic heterocycles. The molecule has 0 atom stereocenters. The van der Waals surface area contributed by atoms with E-state index in [9.17, 15) is 0 Å². The molecular weight excluding hydrogens is 320 g/mol. The number of aryl methyl sites for hydroxylation is 1. The number of likely N-dealkylation sites (N-methyl/N-ethyl adjacent to an activating group) is 1. The molecule has 134 valence electrons. The third-order valence-corrected chi connectivity index (χ3v) is 3.23. The van der Waals surface area contributed by atoms with Crippen molar-refractivity contribution < 1.29 is 9.47 Å². The Hall–Kier alpha value is -2.87. The summed E-state index contributed by atoms with van der Waals surface area (Å²) in [4.78, 5) is 12.7. The number of nitrogens with zero attached hydrogens (tertiary/aromatic N) is 3. The van der Waals surface area contributed by atoms with Crippen LogP contribution >= 0.6 is 0 Å². The molecule has 4 N–H and O–H groups in total. The minimum Gasteiger partial charge on any atom is -0.492 e. The number of aromatic nitrogens is 2. The molecule has 8 heteroatoms. The fourth-order valence-corrected chi connectivity index (χ4v) is 2.04. The van der Waals surface area contributed by atoms with E-state index >= 15 is 0 Å². The quantitative estimate of drug-likeness (QED) is 0.377. The van der Waals surface area contributed by atoms with Crippen LogP contribution in [0.5, 0.6) is 11.6 Å². The van der Waals surface area contributed by atoms with E-state index < -0.39 is 0 Å². The first-order valence-electron chi connectivity index (χ1n) is 7.93. The number of hydrogen-bond acceptors (Lipinski definition) is 6. The first-order chi connectivity index (χ1) is 12.1. The number of nitrogens with two attached hydrogens (primary N) is 1. The molecule has 0 saturated heterocycles. The fraction of sp³-hybridized carbons (Fsp3) is 0.353. The average molecular weight is 344 g/mol. The molecule has 0 aliphatic carbocycles. The molecule has 0 radical (unpaired) electrons. The van der Waals surface area contributed by atoms with Crippen LogP contribution < -0.4 is 25.8 Å². The lowest BCUT2D eigenvalue weighted by Gasteiger charge is -2.08. The Morgan fingerprint density at radius 2 is 2.12 bits per heavy atom. The van der Waals surface area contributed by atoms with Crippen molar-refractivity contribution in [3.05, 3.63) is 41.6 Å². The number of rotatable bonds is 8. The second kappa shape index (κ2) is 9.43. The minimum atomic E-state index is 0.231. The Morgan fingerprint density at radius 1 is 1.28 bits per heavy atom. The van der Waals surface area contributed by atoms with E-state index in [0.29, 0.717) is 25.0 Å². The first kappa shape index (κ1) is 18.5. The van der Waals surface area contributed by atoms with Gasteiger partial charge in [0.1, 0.15) is 12.4 Å². The smallest absolute Gasteiger partial charge is 0.233 e. The molecule has 0 unspecified atom stereocenters. The van der Waals surface area contributed by atoms with Crippen LogP contribution in [0.4, 0.5) is 5.95 Å². The lowest BCUT2D eigenvalue weighted by molar-refractivity contribution is 0.318. The van der Waals surface area contributed by atoms with Gasteiger partial charge in [-0.25, -0.2) is 9.98 Å². The van der Waals surface area contributed by atoms with Gasteiger partial charge in [0, 0.05) is 18.3 Å². The molecule has 1 aromatic carbocycles. The molecule has 0 amide bonds. The highest BCUT2D eigenvalue weighted by Crippen LogP contribution is 2.14. The van der Waals surface area contributed by atoms with Gasteiger partial charge in [-0.3, -0.25) is 5.32 Å². The normalized spacial score (nSPS) is 11.2. The maximum Gasteiger partial charge on any atom is 0.233 e. The van der Waals surface area contributed by atoms with Crippen molar-refractivity contribution in [2.24, 2.45) is 10.7 Å². The van der Waals surface area contributed by atoms with Crippen LogP contribution in [0.2, 0.25) is 0 Å². The summed E-state index contributed by atoms with van der Waals surface area (Å²) < 4.78 is 10.7. The summed E-state index contributed by atoms with van der Waals surface area (Å²) in [6.07, 6.45) is 0. The average Bonchev–Trinajstić information content (AvgIpc) is 2.60. The molecule has 0 aliphatic heterocycles. The molecule has 2 aromatic rings. The lowest BCUT2D eigenvalue weighted by atomic mass is 10.2. The summed E-state index contributed by atoms with van der Waals surface area (Å²) in [6, 6.07) is 9.49. The zero-order valence-corrected chi connectivity index (χ0v) is 14.7. The van der Waals surface area contributed by atoms with Crippen LogP contribution in [0.15, 0.2) is 35.3 Å². The highest BCUT2D eigenvalue weighted by Gasteiger charge is 2.04. The number of nitrogens with one attached hydrogen (secondary N) is 2. The number of guanidine groups is 1. The Morgan fingerprint density at radius 3 is 2.88 bits per heavy atom. The summed E-state index contributed by atoms with van der Waals surface area (Å²) in [7, 11) is 3.44. The molecule has 25 heavy (non-hydrogen) atoms. The van der Waals surface area contributed by atoms with E-state index in [4.69, 9.17) is 15.2 Å². The van der Waals surface area contributed by atoms with Crippen LogP contribution in [-0.2, 0) is 6.54 Å². The van der Waals surface area contributed by atoms with Crippen molar-refractivity contribution in [2.45, 2.75) is 13.5 Å². The molecule has 8 nitrogen and oxygen atoms in total. The summed E-state index contributed by atoms with van der Waals surface area (Å²) in [5.74, 6) is 1.85. The predicted molar refractivity (Wildman–Crippen MR) is 98.1 cm³/mol. The fourth-order valence-electron chi connectivity index (χ4n) is 2.04. The molecule has 0 spiro atoms. The van der Waals surface area contributed by atoms with E-state index in [1.807, 2.05) is 38.2 Å². The molecule has 0 aliphatic rings. The molecule has 0 saturated carbocycles. The number of hydrogen-bond donors (Lipinski definition) is 3. The number of benzene rings is 1. The van der Waals surface area contributed by atoms with Crippen molar-refractivity contribution >= 4 is 11.9 Å². The third-order valence-electron chi connectivity index (χ3n) is 3.23. The van der Waals surface area contributed by atoms with E-state index in [2.05, 4.69) is 25.6 Å². The SMILES string of the molecule is CNCCOc1cccc(CN=C(N)Nc2nc(C)cc(OC)n2)c1. The molecule has 2 rings (SSSR count). The van der Waals surface area contributed by atoms with Gasteiger partial charge in [0.25, 0.3) is 0 Å². The summed E-state index contributed by atoms with van der Waals surface area (Å²) in [6.45, 7) is 3.67. The number of methoxy groups -OCH3 is 1. The predicted octanol–water partition coefficient (Wildman–Crippen LogP) is 1.32. The number of anilines is 1. The van der Waals surface area contributed by atoms with Crippen LogP contribution in [0.25, 0.3) is 0 Å². The zero-order valence-electron chi connectivity index (χ0n) is 14.7. The largest absolute Gasteiger partial charge is 0.492 e. The number of ether oxygens (including phenoxy) is 2. The van der Waals surface area contributed by atoms with Gasteiger partial charge >= 0.3 is 0 Å². The maximum atomic E-state index is 5.91. The second-order valence-electron chi connectivity index (χ2n) is 5.30. The maximum absolute atomic E-state index is 5.91. The topological polar surface area (TPSA) is 107 Å². The Balaban J connectivity index is 1.96. The van der Waals surface area contributed by atoms with Crippen molar-refractivity contribution in [3.8, 4) is 11.6 Å². The zero-order chi connectivity index (χ0) is 18.1. The Bertz CT molecular complexity index is 720. The van der Waals surface area contributed by atoms with Crippen LogP contribution in [0.1, 0.15) is 11.3 Å². The lowest BCUT2D eigenvalue weighted by Crippen LogP contribution is -2.24. The van der Waals surface area contributed by atoms with Gasteiger partial charge < -0.3 is 20.5 Å². The summed E-state index contributed by atoms with van der Waals surface area (Å²) >= 11 is 0. The van der Waals surface area contributed by atoms with Gasteiger partial charge in [-0.15, -0.1) is 0 Å². The highest BCUT2D eigenvalue weighted by molar-refractivity contribution is 5.90. The van der Waals surface area contributed by atoms with Gasteiger partial charge in [0.15, 0.2) is 5.96 Å². The van der Waals surface area contributed by atoms with Crippen molar-refractivity contribution in [1.82, 2.24) is 15.3 Å². The summed E-state index contributed by atoms with van der Waals surface area (Å²) in [5.41, 5.74) is 7.68. The van der Waals surface area contributed by atoms with E-state index in [-0.39, 0.29) is 5.96 Å². The third kappa shape index (κ3) is 6.27. The Kier molecular flexibility index (Phi) is 6.97. The second-order valence-corrected chi connectivity index (χ2v) is 5.30.